The summed E-state index contributed by atoms with van der Waals surface area (Å²) in [4.78, 5) is 33.3. The number of amides is 2. The number of ether oxygens (including phenoxy) is 1. The Balaban J connectivity index is 1.54. The van der Waals surface area contributed by atoms with Gasteiger partial charge in [-0.1, -0.05) is 0 Å². The summed E-state index contributed by atoms with van der Waals surface area (Å²) in [6.45, 7) is 8.81. The van der Waals surface area contributed by atoms with Crippen molar-refractivity contribution >= 4 is 33.7 Å². The van der Waals surface area contributed by atoms with Crippen LogP contribution in [0.5, 0.6) is 0 Å². The van der Waals surface area contributed by atoms with Crippen molar-refractivity contribution in [3.05, 3.63) is 42.1 Å². The molecule has 3 N–H and O–H groups in total. The lowest BCUT2D eigenvalue weighted by Crippen LogP contribution is -2.54. The second-order valence-corrected chi connectivity index (χ2v) is 10.5. The minimum atomic E-state index is -0.544. The van der Waals surface area contributed by atoms with Gasteiger partial charge in [0.15, 0.2) is 0 Å². The maximum absolute atomic E-state index is 12.9. The topological polar surface area (TPSA) is 133 Å². The zero-order valence-electron chi connectivity index (χ0n) is 21.3. The molecule has 12 heteroatoms. The number of likely N-dealkylation sites (tertiary alicyclic amines) is 1. The fraction of sp³-hybridized carbons (Fsp3) is 0.400. The van der Waals surface area contributed by atoms with E-state index in [9.17, 15) is 9.59 Å². The maximum atomic E-state index is 12.9. The molecule has 0 aliphatic carbocycles. The van der Waals surface area contributed by atoms with Crippen molar-refractivity contribution in [2.24, 2.45) is 11.7 Å². The molecule has 4 aromatic rings. The quantitative estimate of drug-likeness (QED) is 0.345. The summed E-state index contributed by atoms with van der Waals surface area (Å²) in [6.07, 6.45) is 6.86. The zero-order valence-corrected chi connectivity index (χ0v) is 22.1. The third-order valence-electron chi connectivity index (χ3n) is 6.66. The Kier molecular flexibility index (Phi) is 6.80. The van der Waals surface area contributed by atoms with Crippen LogP contribution in [0.25, 0.3) is 26.5 Å². The normalized spacial score (nSPS) is 14.4. The average Bonchev–Trinajstić information content (AvgIpc) is 3.52. The summed E-state index contributed by atoms with van der Waals surface area (Å²) < 4.78 is 8.69. The number of nitrogens with one attached hydrogen (secondary N) is 1. The molecule has 37 heavy (non-hydrogen) atoms. The molecule has 0 spiro atoms. The molecule has 11 nitrogen and oxygen atoms in total. The Morgan fingerprint density at radius 1 is 1.24 bits per heavy atom. The van der Waals surface area contributed by atoms with Crippen LogP contribution in [0.15, 0.2) is 30.9 Å². The van der Waals surface area contributed by atoms with Crippen LogP contribution in [0.3, 0.4) is 0 Å². The van der Waals surface area contributed by atoms with Crippen LogP contribution >= 0.6 is 11.3 Å². The number of pyridine rings is 1. The van der Waals surface area contributed by atoms with Gasteiger partial charge in [-0.3, -0.25) is 24.2 Å². The molecule has 5 heterocycles. The molecule has 1 saturated heterocycles. The van der Waals surface area contributed by atoms with Crippen LogP contribution in [0.2, 0.25) is 0 Å². The molecule has 0 radical (unpaired) electrons. The SMILES string of the molecule is COCCn1cc(-c2sc3c(C(N)=O)cnn3c2-c2cc(NC(=O)C3CN(C(C)C)C3)cnc2C)cn1. The molecule has 2 amide bonds. The Morgan fingerprint density at radius 2 is 2.03 bits per heavy atom. The third-order valence-corrected chi connectivity index (χ3v) is 7.88. The Hall–Kier alpha value is -3.61. The predicted molar refractivity (Wildman–Crippen MR) is 141 cm³/mol. The monoisotopic (exact) mass is 522 g/mol. The average molecular weight is 523 g/mol. The smallest absolute Gasteiger partial charge is 0.253 e. The standard InChI is InChI=1S/C25H30N8O3S/c1-14(2)31-11-17(12-31)24(35)30-18-7-19(15(3)27-9-18)21-22(16-8-28-32(13-16)5-6-36-4)37-25-20(23(26)34)10-29-33(21)25/h7-10,13-14,17H,5-6,11-12H2,1-4H3,(H2,26,34)(H,30,35). The second-order valence-electron chi connectivity index (χ2n) is 9.49. The van der Waals surface area contributed by atoms with Crippen LogP contribution in [0, 0.1) is 12.8 Å². The summed E-state index contributed by atoms with van der Waals surface area (Å²) in [6, 6.07) is 2.33. The van der Waals surface area contributed by atoms with Crippen LogP contribution in [0.1, 0.15) is 29.9 Å². The lowest BCUT2D eigenvalue weighted by molar-refractivity contribution is -0.125. The van der Waals surface area contributed by atoms with E-state index in [2.05, 4.69) is 39.2 Å². The number of aryl methyl sites for hydroxylation is 1. The van der Waals surface area contributed by atoms with Crippen molar-refractivity contribution < 1.29 is 14.3 Å². The largest absolute Gasteiger partial charge is 0.383 e. The van der Waals surface area contributed by atoms with E-state index in [1.165, 1.54) is 17.5 Å². The first-order chi connectivity index (χ1) is 17.8. The van der Waals surface area contributed by atoms with Gasteiger partial charge in [0.2, 0.25) is 5.91 Å². The van der Waals surface area contributed by atoms with Crippen molar-refractivity contribution in [1.82, 2.24) is 29.3 Å². The number of nitrogens with two attached hydrogens (primary N) is 1. The van der Waals surface area contributed by atoms with Gasteiger partial charge in [-0.2, -0.15) is 10.2 Å². The van der Waals surface area contributed by atoms with Crippen molar-refractivity contribution in [2.75, 3.05) is 32.1 Å². The number of primary amides is 1. The van der Waals surface area contributed by atoms with Crippen molar-refractivity contribution in [3.63, 3.8) is 0 Å². The van der Waals surface area contributed by atoms with Gasteiger partial charge in [-0.05, 0) is 26.8 Å². The van der Waals surface area contributed by atoms with E-state index in [1.807, 2.05) is 19.2 Å². The highest BCUT2D eigenvalue weighted by Crippen LogP contribution is 2.41. The number of methoxy groups -OCH3 is 1. The van der Waals surface area contributed by atoms with Crippen LogP contribution < -0.4 is 11.1 Å². The highest BCUT2D eigenvalue weighted by Gasteiger charge is 2.34. The Labute approximate surface area is 218 Å². The molecule has 0 unspecified atom stereocenters. The highest BCUT2D eigenvalue weighted by atomic mass is 32.1. The third kappa shape index (κ3) is 4.75. The van der Waals surface area contributed by atoms with Crippen molar-refractivity contribution in [2.45, 2.75) is 33.4 Å². The summed E-state index contributed by atoms with van der Waals surface area (Å²) in [7, 11) is 1.65. The van der Waals surface area contributed by atoms with Gasteiger partial charge in [0, 0.05) is 49.3 Å². The van der Waals surface area contributed by atoms with Crippen LogP contribution in [-0.2, 0) is 16.1 Å². The number of carbonyl (C=O) groups excluding carboxylic acids is 2. The molecule has 4 aromatic heterocycles. The minimum Gasteiger partial charge on any atom is -0.383 e. The number of nitrogens with zero attached hydrogens (tertiary/aromatic N) is 6. The highest BCUT2D eigenvalue weighted by molar-refractivity contribution is 7.21. The Morgan fingerprint density at radius 3 is 2.73 bits per heavy atom. The molecule has 1 aliphatic heterocycles. The maximum Gasteiger partial charge on any atom is 0.253 e. The van der Waals surface area contributed by atoms with E-state index in [1.54, 1.807) is 28.7 Å². The summed E-state index contributed by atoms with van der Waals surface area (Å²) >= 11 is 1.41. The first-order valence-electron chi connectivity index (χ1n) is 12.1. The lowest BCUT2D eigenvalue weighted by Gasteiger charge is -2.41. The van der Waals surface area contributed by atoms with E-state index in [0.717, 1.165) is 40.5 Å². The number of fused-ring (bicyclic) bond motifs is 1. The number of hydrogen-bond acceptors (Lipinski definition) is 8. The number of hydrogen-bond donors (Lipinski definition) is 2. The van der Waals surface area contributed by atoms with Crippen molar-refractivity contribution in [1.29, 1.82) is 0 Å². The van der Waals surface area contributed by atoms with Crippen LogP contribution in [0.4, 0.5) is 5.69 Å². The number of thiazole rings is 1. The fourth-order valence-corrected chi connectivity index (χ4v) is 5.61. The number of carbonyl (C=O) groups is 2. The van der Waals surface area contributed by atoms with E-state index in [-0.39, 0.29) is 11.8 Å². The first kappa shape index (κ1) is 25.1. The molecule has 194 valence electrons. The molecule has 0 aromatic carbocycles. The van der Waals surface area contributed by atoms with Gasteiger partial charge >= 0.3 is 0 Å². The van der Waals surface area contributed by atoms with E-state index in [0.29, 0.717) is 35.3 Å². The fourth-order valence-electron chi connectivity index (χ4n) is 4.41. The molecule has 1 aliphatic rings. The number of aromatic nitrogens is 5. The molecule has 1 fully saturated rings. The molecule has 0 atom stereocenters. The van der Waals surface area contributed by atoms with Gasteiger partial charge < -0.3 is 15.8 Å². The van der Waals surface area contributed by atoms with Gasteiger partial charge in [-0.15, -0.1) is 11.3 Å². The predicted octanol–water partition coefficient (Wildman–Crippen LogP) is 2.65. The summed E-state index contributed by atoms with van der Waals surface area (Å²) in [5, 5.41) is 12.0. The van der Waals surface area contributed by atoms with E-state index < -0.39 is 5.91 Å². The summed E-state index contributed by atoms with van der Waals surface area (Å²) in [5.74, 6) is -0.603. The van der Waals surface area contributed by atoms with E-state index >= 15 is 0 Å². The van der Waals surface area contributed by atoms with Crippen LogP contribution in [-0.4, -0.2) is 73.9 Å². The number of rotatable bonds is 9. The molecule has 5 rings (SSSR count). The summed E-state index contributed by atoms with van der Waals surface area (Å²) in [5.41, 5.74) is 9.76. The minimum absolute atomic E-state index is 0.0151. The van der Waals surface area contributed by atoms with Gasteiger partial charge in [0.25, 0.3) is 5.91 Å². The number of anilines is 1. The molecule has 0 saturated carbocycles. The Bertz CT molecular complexity index is 1460. The van der Waals surface area contributed by atoms with E-state index in [4.69, 9.17) is 10.5 Å². The molecule has 0 bridgehead atoms. The second kappa shape index (κ2) is 10.0. The van der Waals surface area contributed by atoms with Gasteiger partial charge in [0.1, 0.15) is 4.83 Å². The molecular weight excluding hydrogens is 492 g/mol. The molecular formula is C25H30N8O3S. The zero-order chi connectivity index (χ0) is 26.3. The lowest BCUT2D eigenvalue weighted by atomic mass is 9.97. The van der Waals surface area contributed by atoms with Gasteiger partial charge in [0.05, 0.1) is 59.5 Å². The van der Waals surface area contributed by atoms with Gasteiger partial charge in [-0.25, -0.2) is 4.52 Å². The van der Waals surface area contributed by atoms with Crippen molar-refractivity contribution in [3.8, 4) is 21.7 Å². The first-order valence-corrected chi connectivity index (χ1v) is 12.9.